The lowest BCUT2D eigenvalue weighted by Gasteiger charge is -2.18. The number of amides is 2. The van der Waals surface area contributed by atoms with Crippen LogP contribution in [0, 0.1) is 11.8 Å². The molecule has 0 aromatic carbocycles. The number of carboxylic acids is 1. The highest BCUT2D eigenvalue weighted by Crippen LogP contribution is 2.37. The van der Waals surface area contributed by atoms with Crippen LogP contribution in [0.15, 0.2) is 30.9 Å². The second kappa shape index (κ2) is 6.26. The molecule has 7 nitrogen and oxygen atoms in total. The van der Waals surface area contributed by atoms with Gasteiger partial charge in [-0.1, -0.05) is 6.07 Å². The minimum Gasteiger partial charge on any atom is -0.481 e. The average molecular weight is 356 g/mol. The van der Waals surface area contributed by atoms with Crippen molar-refractivity contribution in [2.45, 2.75) is 12.7 Å². The van der Waals surface area contributed by atoms with Crippen molar-refractivity contribution in [1.29, 1.82) is 0 Å². The fourth-order valence-corrected chi connectivity index (χ4v) is 2.91. The van der Waals surface area contributed by atoms with Crippen LogP contribution < -0.4 is 5.32 Å². The van der Waals surface area contributed by atoms with Gasteiger partial charge in [0.25, 0.3) is 0 Å². The Morgan fingerprint density at radius 1 is 1.32 bits per heavy atom. The highest BCUT2D eigenvalue weighted by atomic mass is 19.4. The zero-order valence-corrected chi connectivity index (χ0v) is 12.9. The van der Waals surface area contributed by atoms with E-state index in [1.807, 2.05) is 0 Å². The quantitative estimate of drug-likeness (QED) is 0.877. The number of nitrogens with one attached hydrogen (secondary N) is 1. The van der Waals surface area contributed by atoms with E-state index in [0.29, 0.717) is 0 Å². The lowest BCUT2D eigenvalue weighted by Crippen LogP contribution is -2.39. The largest absolute Gasteiger partial charge is 0.481 e. The number of halogens is 3. The summed E-state index contributed by atoms with van der Waals surface area (Å²) < 4.78 is 40.6. The number of carboxylic acid groups (broad SMARTS) is 1. The standard InChI is InChI=1S/C15H15F3N4O3/c16-15(17,18)12-7-21(6-11(12)13(23)24)14(25)20-3-9-1-2-10-4-19-8-22(10)5-9/h1-2,4-5,8,11-12H,3,6-7H2,(H,20,25)(H,23,24)/t11-,12-/m1/s1. The number of fused-ring (bicyclic) bond motifs is 1. The minimum atomic E-state index is -4.66. The summed E-state index contributed by atoms with van der Waals surface area (Å²) in [5.74, 6) is -5.26. The molecular weight excluding hydrogens is 341 g/mol. The molecule has 1 aliphatic rings. The van der Waals surface area contributed by atoms with E-state index in [1.165, 1.54) is 0 Å². The number of hydrogen-bond acceptors (Lipinski definition) is 3. The molecule has 1 fully saturated rings. The summed E-state index contributed by atoms with van der Waals surface area (Å²) in [6.45, 7) is -1.02. The Balaban J connectivity index is 1.64. The molecule has 0 bridgehead atoms. The van der Waals surface area contributed by atoms with Crippen molar-refractivity contribution in [2.24, 2.45) is 11.8 Å². The van der Waals surface area contributed by atoms with Crippen molar-refractivity contribution >= 4 is 17.5 Å². The first-order valence-corrected chi connectivity index (χ1v) is 7.48. The molecule has 2 N–H and O–H groups in total. The van der Waals surface area contributed by atoms with Crippen LogP contribution in [0.3, 0.4) is 0 Å². The molecule has 3 rings (SSSR count). The summed E-state index contributed by atoms with van der Waals surface area (Å²) in [6, 6.07) is 2.84. The number of imidazole rings is 1. The maximum absolute atomic E-state index is 12.9. The Morgan fingerprint density at radius 2 is 2.08 bits per heavy atom. The highest BCUT2D eigenvalue weighted by molar-refractivity contribution is 5.77. The molecule has 25 heavy (non-hydrogen) atoms. The average Bonchev–Trinajstić information content (AvgIpc) is 3.18. The third-order valence-corrected chi connectivity index (χ3v) is 4.26. The van der Waals surface area contributed by atoms with Gasteiger partial charge in [0.15, 0.2) is 0 Å². The van der Waals surface area contributed by atoms with Crippen LogP contribution in [0.2, 0.25) is 0 Å². The number of alkyl halides is 3. The van der Waals surface area contributed by atoms with Gasteiger partial charge in [0.2, 0.25) is 0 Å². The zero-order chi connectivity index (χ0) is 18.2. The van der Waals surface area contributed by atoms with Gasteiger partial charge in [0.05, 0.1) is 29.9 Å². The van der Waals surface area contributed by atoms with Gasteiger partial charge in [-0.2, -0.15) is 13.2 Å². The first-order chi connectivity index (χ1) is 11.8. The number of nitrogens with zero attached hydrogens (tertiary/aromatic N) is 3. The molecule has 1 saturated heterocycles. The van der Waals surface area contributed by atoms with E-state index in [-0.39, 0.29) is 6.54 Å². The lowest BCUT2D eigenvalue weighted by atomic mass is 9.96. The first kappa shape index (κ1) is 17.1. The van der Waals surface area contributed by atoms with E-state index in [1.54, 1.807) is 35.3 Å². The maximum Gasteiger partial charge on any atom is 0.394 e. The van der Waals surface area contributed by atoms with E-state index in [4.69, 9.17) is 5.11 Å². The van der Waals surface area contributed by atoms with Crippen LogP contribution in [0.1, 0.15) is 5.56 Å². The minimum absolute atomic E-state index is 0.109. The van der Waals surface area contributed by atoms with E-state index >= 15 is 0 Å². The van der Waals surface area contributed by atoms with Crippen molar-refractivity contribution in [2.75, 3.05) is 13.1 Å². The SMILES string of the molecule is O=C(O)[C@@H]1CN(C(=O)NCc2ccc3cncn3c2)C[C@H]1C(F)(F)F. The fourth-order valence-electron chi connectivity index (χ4n) is 2.91. The molecule has 10 heteroatoms. The number of carbonyl (C=O) groups excluding carboxylic acids is 1. The number of aliphatic carboxylic acids is 1. The number of urea groups is 1. The predicted molar refractivity (Wildman–Crippen MR) is 79.7 cm³/mol. The van der Waals surface area contributed by atoms with Gasteiger partial charge >= 0.3 is 18.2 Å². The van der Waals surface area contributed by atoms with Gasteiger partial charge in [-0.25, -0.2) is 9.78 Å². The van der Waals surface area contributed by atoms with Crippen molar-refractivity contribution in [3.8, 4) is 0 Å². The number of hydrogen-bond donors (Lipinski definition) is 2. The molecule has 0 spiro atoms. The normalized spacial score (nSPS) is 20.8. The van der Waals surface area contributed by atoms with E-state index in [2.05, 4.69) is 10.3 Å². The monoisotopic (exact) mass is 356 g/mol. The molecule has 2 amide bonds. The highest BCUT2D eigenvalue weighted by Gasteiger charge is 2.53. The van der Waals surface area contributed by atoms with Gasteiger partial charge in [0, 0.05) is 25.8 Å². The number of likely N-dealkylation sites (tertiary alicyclic amines) is 1. The van der Waals surface area contributed by atoms with Crippen LogP contribution in [0.4, 0.5) is 18.0 Å². The molecule has 0 aliphatic carbocycles. The maximum atomic E-state index is 12.9. The van der Waals surface area contributed by atoms with Gasteiger partial charge in [-0.3, -0.25) is 4.79 Å². The summed E-state index contributed by atoms with van der Waals surface area (Å²) in [5.41, 5.74) is 1.60. The Hall–Kier alpha value is -2.78. The molecule has 0 saturated carbocycles. The third-order valence-electron chi connectivity index (χ3n) is 4.26. The molecule has 134 valence electrons. The van der Waals surface area contributed by atoms with Crippen molar-refractivity contribution in [3.05, 3.63) is 36.4 Å². The molecule has 3 heterocycles. The number of pyridine rings is 1. The molecule has 2 atom stereocenters. The molecule has 0 unspecified atom stereocenters. The van der Waals surface area contributed by atoms with Crippen LogP contribution in [-0.2, 0) is 11.3 Å². The fraction of sp³-hybridized carbons (Fsp3) is 0.400. The third kappa shape index (κ3) is 3.52. The second-order valence-corrected chi connectivity index (χ2v) is 5.92. The topological polar surface area (TPSA) is 86.9 Å². The molecular formula is C15H15F3N4O3. The number of carbonyl (C=O) groups is 2. The van der Waals surface area contributed by atoms with Crippen LogP contribution in [0.5, 0.6) is 0 Å². The van der Waals surface area contributed by atoms with Gasteiger partial charge in [-0.15, -0.1) is 0 Å². The Kier molecular flexibility index (Phi) is 4.27. The molecule has 2 aromatic heterocycles. The van der Waals surface area contributed by atoms with E-state index in [0.717, 1.165) is 16.0 Å². The second-order valence-electron chi connectivity index (χ2n) is 5.92. The van der Waals surface area contributed by atoms with Gasteiger partial charge in [-0.05, 0) is 11.6 Å². The van der Waals surface area contributed by atoms with E-state index in [9.17, 15) is 22.8 Å². The Bertz CT molecular complexity index is 805. The zero-order valence-electron chi connectivity index (χ0n) is 12.9. The van der Waals surface area contributed by atoms with Gasteiger partial charge < -0.3 is 19.7 Å². The number of rotatable bonds is 3. The van der Waals surface area contributed by atoms with Crippen molar-refractivity contribution < 1.29 is 27.9 Å². The summed E-state index contributed by atoms with van der Waals surface area (Å²) in [7, 11) is 0. The molecule has 0 radical (unpaired) electrons. The predicted octanol–water partition coefficient (Wildman–Crippen LogP) is 1.74. The summed E-state index contributed by atoms with van der Waals surface area (Å²) in [4.78, 5) is 28.0. The Labute approximate surface area is 140 Å². The summed E-state index contributed by atoms with van der Waals surface area (Å²) in [6.07, 6.45) is 0.331. The molecule has 2 aromatic rings. The van der Waals surface area contributed by atoms with Gasteiger partial charge in [0.1, 0.15) is 0 Å². The van der Waals surface area contributed by atoms with E-state index < -0.39 is 43.1 Å². The Morgan fingerprint density at radius 3 is 2.72 bits per heavy atom. The smallest absolute Gasteiger partial charge is 0.394 e. The van der Waals surface area contributed by atoms with Crippen molar-refractivity contribution in [3.63, 3.8) is 0 Å². The molecule has 1 aliphatic heterocycles. The first-order valence-electron chi connectivity index (χ1n) is 7.48. The van der Waals surface area contributed by atoms with Crippen LogP contribution in [0.25, 0.3) is 5.52 Å². The summed E-state index contributed by atoms with van der Waals surface area (Å²) >= 11 is 0. The summed E-state index contributed by atoms with van der Waals surface area (Å²) in [5, 5.41) is 11.5. The van der Waals surface area contributed by atoms with Crippen LogP contribution >= 0.6 is 0 Å². The van der Waals surface area contributed by atoms with Crippen molar-refractivity contribution in [1.82, 2.24) is 19.6 Å². The number of aromatic nitrogens is 2. The lowest BCUT2D eigenvalue weighted by molar-refractivity contribution is -0.187. The van der Waals surface area contributed by atoms with Crippen LogP contribution in [-0.4, -0.2) is 50.7 Å².